The van der Waals surface area contributed by atoms with E-state index in [1.165, 1.54) is 0 Å². The SMILES string of the molecule is [2H]c1c([2H])c([2H])c2c(oc3c([2H])c([2H])c(Br)c([2H])c32)c1[2H]. The van der Waals surface area contributed by atoms with Crippen molar-refractivity contribution in [1.82, 2.24) is 0 Å². The van der Waals surface area contributed by atoms with Gasteiger partial charge in [0.05, 0.1) is 9.60 Å². The third kappa shape index (κ3) is 1.07. The van der Waals surface area contributed by atoms with E-state index in [9.17, 15) is 0 Å². The standard InChI is InChI=1S/C12H7BrO/c13-8-5-6-12-10(7-8)9-3-1-2-4-11(9)14-12/h1-7H/i1D,2D,3D,4D,5D,6D,7D. The summed E-state index contributed by atoms with van der Waals surface area (Å²) in [7, 11) is 0. The second-order valence-electron chi connectivity index (χ2n) is 2.70. The first-order valence-electron chi connectivity index (χ1n) is 7.35. The zero-order chi connectivity index (χ0) is 15.6. The van der Waals surface area contributed by atoms with Gasteiger partial charge in [0.2, 0.25) is 0 Å². The molecule has 0 aliphatic carbocycles. The minimum absolute atomic E-state index is 0.0650. The molecule has 68 valence electrons. The molecule has 0 spiro atoms. The lowest BCUT2D eigenvalue weighted by Crippen LogP contribution is -1.66. The van der Waals surface area contributed by atoms with Gasteiger partial charge in [-0.15, -0.1) is 0 Å². The molecule has 3 aromatic rings. The molecule has 2 heteroatoms. The Labute approximate surface area is 99.3 Å². The average Bonchev–Trinajstić information content (AvgIpc) is 2.87. The lowest BCUT2D eigenvalue weighted by molar-refractivity contribution is 0.669. The Hall–Kier alpha value is -1.28. The first-order chi connectivity index (χ1) is 9.77. The van der Waals surface area contributed by atoms with Crippen molar-refractivity contribution >= 4 is 37.9 Å². The molecular formula is C12H7BrO. The fraction of sp³-hybridized carbons (Fsp3) is 0. The molecule has 0 bridgehead atoms. The fourth-order valence-corrected chi connectivity index (χ4v) is 1.58. The molecule has 0 amide bonds. The summed E-state index contributed by atoms with van der Waals surface area (Å²) in [6, 6.07) is -2.15. The summed E-state index contributed by atoms with van der Waals surface area (Å²) < 4.78 is 60.3. The van der Waals surface area contributed by atoms with Gasteiger partial charge >= 0.3 is 0 Å². The number of furan rings is 1. The first kappa shape index (κ1) is 3.70. The van der Waals surface area contributed by atoms with Gasteiger partial charge in [-0.05, 0) is 24.2 Å². The predicted octanol–water partition coefficient (Wildman–Crippen LogP) is 4.35. The number of fused-ring (bicyclic) bond motifs is 3. The first-order valence-corrected chi connectivity index (χ1v) is 4.64. The summed E-state index contributed by atoms with van der Waals surface area (Å²) >= 11 is 3.07. The van der Waals surface area contributed by atoms with E-state index in [4.69, 9.17) is 14.0 Å². The number of halogens is 1. The van der Waals surface area contributed by atoms with Crippen LogP contribution in [0.5, 0.6) is 0 Å². The monoisotopic (exact) mass is 253 g/mol. The van der Waals surface area contributed by atoms with E-state index in [-0.39, 0.29) is 56.6 Å². The van der Waals surface area contributed by atoms with E-state index in [0.29, 0.717) is 0 Å². The lowest BCUT2D eigenvalue weighted by atomic mass is 10.2. The minimum Gasteiger partial charge on any atom is -0.456 e. The maximum absolute atomic E-state index is 8.05. The van der Waals surface area contributed by atoms with Crippen LogP contribution in [-0.2, 0) is 0 Å². The Bertz CT molecular complexity index is 857. The maximum atomic E-state index is 8.05. The van der Waals surface area contributed by atoms with Crippen molar-refractivity contribution in [3.05, 3.63) is 46.8 Å². The molecule has 0 fully saturated rings. The quantitative estimate of drug-likeness (QED) is 0.581. The van der Waals surface area contributed by atoms with Crippen molar-refractivity contribution in [2.45, 2.75) is 0 Å². The zero-order valence-electron chi connectivity index (χ0n) is 13.8. The fourth-order valence-electron chi connectivity index (χ4n) is 1.28. The maximum Gasteiger partial charge on any atom is 0.135 e. The van der Waals surface area contributed by atoms with Crippen LogP contribution in [0.2, 0.25) is 0 Å². The normalized spacial score (nSPS) is 18.2. The van der Waals surface area contributed by atoms with Gasteiger partial charge in [0.1, 0.15) is 11.2 Å². The average molecular weight is 254 g/mol. The van der Waals surface area contributed by atoms with Crippen molar-refractivity contribution in [2.24, 2.45) is 0 Å². The van der Waals surface area contributed by atoms with Gasteiger partial charge in [0, 0.05) is 15.2 Å². The lowest BCUT2D eigenvalue weighted by Gasteiger charge is -1.89. The van der Waals surface area contributed by atoms with Crippen LogP contribution in [0.3, 0.4) is 0 Å². The zero-order valence-corrected chi connectivity index (χ0v) is 8.37. The molecule has 0 N–H and O–H groups in total. The highest BCUT2D eigenvalue weighted by atomic mass is 79.9. The number of hydrogen-bond acceptors (Lipinski definition) is 1. The Morgan fingerprint density at radius 1 is 1.00 bits per heavy atom. The van der Waals surface area contributed by atoms with Crippen LogP contribution in [0.4, 0.5) is 0 Å². The van der Waals surface area contributed by atoms with Crippen molar-refractivity contribution in [2.75, 3.05) is 0 Å². The van der Waals surface area contributed by atoms with Crippen LogP contribution in [0.1, 0.15) is 9.60 Å². The summed E-state index contributed by atoms with van der Waals surface area (Å²) in [4.78, 5) is 0. The molecule has 0 unspecified atom stereocenters. The van der Waals surface area contributed by atoms with E-state index in [1.807, 2.05) is 0 Å². The van der Waals surface area contributed by atoms with Crippen molar-refractivity contribution in [1.29, 1.82) is 0 Å². The topological polar surface area (TPSA) is 13.1 Å². The van der Waals surface area contributed by atoms with Crippen molar-refractivity contribution < 1.29 is 14.0 Å². The summed E-state index contributed by atoms with van der Waals surface area (Å²) in [5.74, 6) is 0. The third-order valence-electron chi connectivity index (χ3n) is 1.85. The molecule has 2 aromatic carbocycles. The summed E-state index contributed by atoms with van der Waals surface area (Å²) in [5.41, 5.74) is -0.175. The van der Waals surface area contributed by atoms with Crippen LogP contribution in [0, 0.1) is 0 Å². The van der Waals surface area contributed by atoms with Crippen LogP contribution >= 0.6 is 15.9 Å². The molecule has 1 aromatic heterocycles. The molecule has 1 nitrogen and oxygen atoms in total. The van der Waals surface area contributed by atoms with Gasteiger partial charge in [-0.1, -0.05) is 34.1 Å². The Balaban J connectivity index is 2.73. The van der Waals surface area contributed by atoms with E-state index in [1.54, 1.807) is 0 Å². The molecule has 14 heavy (non-hydrogen) atoms. The highest BCUT2D eigenvalue weighted by molar-refractivity contribution is 9.10. The molecule has 3 rings (SSSR count). The third-order valence-corrected chi connectivity index (χ3v) is 2.25. The Kier molecular flexibility index (Phi) is 0.755. The summed E-state index contributed by atoms with van der Waals surface area (Å²) in [5, 5.41) is 0.181. The summed E-state index contributed by atoms with van der Waals surface area (Å²) in [6.45, 7) is 0. The van der Waals surface area contributed by atoms with Gasteiger partial charge in [-0.2, -0.15) is 0 Å². The van der Waals surface area contributed by atoms with Gasteiger partial charge < -0.3 is 4.42 Å². The highest BCUT2D eigenvalue weighted by Crippen LogP contribution is 2.30. The molecule has 0 saturated carbocycles. The molecule has 0 radical (unpaired) electrons. The van der Waals surface area contributed by atoms with Gasteiger partial charge in [-0.25, -0.2) is 0 Å². The van der Waals surface area contributed by atoms with Crippen molar-refractivity contribution in [3.8, 4) is 0 Å². The van der Waals surface area contributed by atoms with Crippen LogP contribution in [0.15, 0.2) is 51.2 Å². The van der Waals surface area contributed by atoms with E-state index >= 15 is 0 Å². The van der Waals surface area contributed by atoms with Crippen LogP contribution in [0.25, 0.3) is 21.9 Å². The number of hydrogen-bond donors (Lipinski definition) is 0. The van der Waals surface area contributed by atoms with Gasteiger partial charge in [0.25, 0.3) is 0 Å². The second kappa shape index (κ2) is 2.85. The summed E-state index contributed by atoms with van der Waals surface area (Å²) in [6.07, 6.45) is 0. The molecule has 1 heterocycles. The van der Waals surface area contributed by atoms with Gasteiger partial charge in [0.15, 0.2) is 0 Å². The molecular weight excluding hydrogens is 240 g/mol. The van der Waals surface area contributed by atoms with Gasteiger partial charge in [-0.3, -0.25) is 0 Å². The predicted molar refractivity (Wildman–Crippen MR) is 61.4 cm³/mol. The van der Waals surface area contributed by atoms with E-state index in [0.717, 1.165) is 0 Å². The Morgan fingerprint density at radius 3 is 2.71 bits per heavy atom. The number of rotatable bonds is 0. The highest BCUT2D eigenvalue weighted by Gasteiger charge is 2.05. The number of benzene rings is 2. The minimum atomic E-state index is -0.435. The Morgan fingerprint density at radius 2 is 1.79 bits per heavy atom. The second-order valence-corrected chi connectivity index (χ2v) is 3.49. The van der Waals surface area contributed by atoms with Crippen molar-refractivity contribution in [3.63, 3.8) is 0 Å². The smallest absolute Gasteiger partial charge is 0.135 e. The van der Waals surface area contributed by atoms with E-state index < -0.39 is 12.1 Å². The molecule has 0 saturated heterocycles. The number of para-hydroxylation sites is 1. The van der Waals surface area contributed by atoms with Crippen LogP contribution < -0.4 is 0 Å². The molecule has 0 aliphatic heterocycles. The molecule has 0 atom stereocenters. The van der Waals surface area contributed by atoms with Crippen LogP contribution in [-0.4, -0.2) is 0 Å². The largest absolute Gasteiger partial charge is 0.456 e. The molecule has 0 aliphatic rings. The van der Waals surface area contributed by atoms with E-state index in [2.05, 4.69) is 15.9 Å².